The molecular weight excluding hydrogens is 348 g/mol. The van der Waals surface area contributed by atoms with Crippen molar-refractivity contribution in [2.24, 2.45) is 0 Å². The lowest BCUT2D eigenvalue weighted by molar-refractivity contribution is -0.385. The summed E-state index contributed by atoms with van der Waals surface area (Å²) < 4.78 is 0.354. The van der Waals surface area contributed by atoms with Crippen LogP contribution in [0.25, 0.3) is 0 Å². The average molecular weight is 363 g/mol. The van der Waals surface area contributed by atoms with Crippen molar-refractivity contribution < 1.29 is 9.72 Å². The average Bonchev–Trinajstić information content (AvgIpc) is 2.53. The van der Waals surface area contributed by atoms with Gasteiger partial charge in [0.25, 0.3) is 11.6 Å². The molecule has 0 aliphatic heterocycles. The van der Waals surface area contributed by atoms with E-state index in [1.807, 2.05) is 37.3 Å². The molecule has 0 saturated carbocycles. The molecule has 0 heterocycles. The molecule has 0 bridgehead atoms. The molecule has 0 spiro atoms. The SMILES string of the molecule is CC(c1ccccc1)N(C)C(=O)c1ccc(Br)c([N+](=O)[O-])c1. The molecule has 0 aromatic heterocycles. The summed E-state index contributed by atoms with van der Waals surface area (Å²) in [6, 6.07) is 13.9. The molecule has 0 radical (unpaired) electrons. The minimum Gasteiger partial charge on any atom is -0.335 e. The zero-order valence-electron chi connectivity index (χ0n) is 12.2. The van der Waals surface area contributed by atoms with Gasteiger partial charge in [0.15, 0.2) is 0 Å². The van der Waals surface area contributed by atoms with E-state index in [0.29, 0.717) is 10.0 Å². The van der Waals surface area contributed by atoms with Crippen LogP contribution in [-0.4, -0.2) is 22.8 Å². The van der Waals surface area contributed by atoms with E-state index in [1.165, 1.54) is 12.1 Å². The van der Waals surface area contributed by atoms with Crippen molar-refractivity contribution in [3.63, 3.8) is 0 Å². The highest BCUT2D eigenvalue weighted by Crippen LogP contribution is 2.27. The minimum absolute atomic E-state index is 0.119. The maximum atomic E-state index is 12.5. The second-order valence-electron chi connectivity index (χ2n) is 4.93. The molecule has 0 saturated heterocycles. The number of hydrogen-bond acceptors (Lipinski definition) is 3. The Morgan fingerprint density at radius 1 is 1.23 bits per heavy atom. The third kappa shape index (κ3) is 3.33. The predicted molar refractivity (Wildman–Crippen MR) is 87.7 cm³/mol. The lowest BCUT2D eigenvalue weighted by Gasteiger charge is -2.25. The minimum atomic E-state index is -0.512. The van der Waals surface area contributed by atoms with Crippen LogP contribution >= 0.6 is 15.9 Å². The summed E-state index contributed by atoms with van der Waals surface area (Å²) in [5, 5.41) is 11.0. The van der Waals surface area contributed by atoms with Crippen LogP contribution in [0, 0.1) is 10.1 Å². The number of halogens is 1. The number of nitro groups is 1. The molecule has 0 N–H and O–H groups in total. The third-order valence-electron chi connectivity index (χ3n) is 3.57. The van der Waals surface area contributed by atoms with Crippen molar-refractivity contribution in [3.05, 3.63) is 74.2 Å². The molecule has 114 valence electrons. The number of amides is 1. The number of carbonyl (C=O) groups is 1. The van der Waals surface area contributed by atoms with Crippen LogP contribution < -0.4 is 0 Å². The summed E-state index contributed by atoms with van der Waals surface area (Å²) >= 11 is 3.12. The summed E-state index contributed by atoms with van der Waals surface area (Å²) in [4.78, 5) is 24.6. The van der Waals surface area contributed by atoms with Crippen molar-refractivity contribution in [1.82, 2.24) is 4.90 Å². The van der Waals surface area contributed by atoms with Crippen LogP contribution in [0.1, 0.15) is 28.9 Å². The smallest absolute Gasteiger partial charge is 0.284 e. The van der Waals surface area contributed by atoms with E-state index in [4.69, 9.17) is 0 Å². The zero-order valence-corrected chi connectivity index (χ0v) is 13.8. The Morgan fingerprint density at radius 2 is 1.86 bits per heavy atom. The fourth-order valence-corrected chi connectivity index (χ4v) is 2.51. The van der Waals surface area contributed by atoms with E-state index < -0.39 is 4.92 Å². The molecule has 0 fully saturated rings. The molecule has 6 heteroatoms. The maximum Gasteiger partial charge on any atom is 0.284 e. The number of nitro benzene ring substituents is 1. The topological polar surface area (TPSA) is 63.5 Å². The quantitative estimate of drug-likeness (QED) is 0.604. The highest BCUT2D eigenvalue weighted by molar-refractivity contribution is 9.10. The first-order chi connectivity index (χ1) is 10.4. The number of carbonyl (C=O) groups excluding carboxylic acids is 1. The molecule has 0 aliphatic rings. The Morgan fingerprint density at radius 3 is 2.45 bits per heavy atom. The second-order valence-corrected chi connectivity index (χ2v) is 5.78. The summed E-state index contributed by atoms with van der Waals surface area (Å²) in [6.07, 6.45) is 0. The molecule has 2 rings (SSSR count). The normalized spacial score (nSPS) is 11.8. The number of benzene rings is 2. The highest BCUT2D eigenvalue weighted by atomic mass is 79.9. The fourth-order valence-electron chi connectivity index (χ4n) is 2.12. The van der Waals surface area contributed by atoms with Gasteiger partial charge in [-0.25, -0.2) is 0 Å². The summed E-state index contributed by atoms with van der Waals surface area (Å²) in [7, 11) is 1.69. The van der Waals surface area contributed by atoms with Crippen molar-refractivity contribution >= 4 is 27.5 Å². The molecular formula is C16H15BrN2O3. The summed E-state index contributed by atoms with van der Waals surface area (Å²) in [5.41, 5.74) is 1.18. The van der Waals surface area contributed by atoms with E-state index in [2.05, 4.69) is 15.9 Å². The number of rotatable bonds is 4. The Balaban J connectivity index is 2.28. The van der Waals surface area contributed by atoms with Gasteiger partial charge < -0.3 is 4.90 Å². The van der Waals surface area contributed by atoms with Crippen LogP contribution in [-0.2, 0) is 0 Å². The Hall–Kier alpha value is -2.21. The van der Waals surface area contributed by atoms with E-state index >= 15 is 0 Å². The number of hydrogen-bond donors (Lipinski definition) is 0. The summed E-state index contributed by atoms with van der Waals surface area (Å²) in [6.45, 7) is 1.92. The Kier molecular flexibility index (Phi) is 4.92. The van der Waals surface area contributed by atoms with Crippen LogP contribution in [0.5, 0.6) is 0 Å². The summed E-state index contributed by atoms with van der Waals surface area (Å²) in [5.74, 6) is -0.257. The zero-order chi connectivity index (χ0) is 16.3. The van der Waals surface area contributed by atoms with Gasteiger partial charge in [0, 0.05) is 18.7 Å². The van der Waals surface area contributed by atoms with Gasteiger partial charge >= 0.3 is 0 Å². The van der Waals surface area contributed by atoms with Crippen LogP contribution in [0.4, 0.5) is 5.69 Å². The lowest BCUT2D eigenvalue weighted by Crippen LogP contribution is -2.29. The molecule has 0 aliphatic carbocycles. The molecule has 2 aromatic rings. The van der Waals surface area contributed by atoms with Crippen LogP contribution in [0.3, 0.4) is 0 Å². The van der Waals surface area contributed by atoms with Gasteiger partial charge in [-0.15, -0.1) is 0 Å². The Bertz CT molecular complexity index is 704. The maximum absolute atomic E-state index is 12.5. The van der Waals surface area contributed by atoms with Gasteiger partial charge in [0.05, 0.1) is 15.4 Å². The van der Waals surface area contributed by atoms with E-state index in [9.17, 15) is 14.9 Å². The van der Waals surface area contributed by atoms with Gasteiger partial charge in [-0.05, 0) is 40.5 Å². The van der Waals surface area contributed by atoms with Crippen LogP contribution in [0.15, 0.2) is 53.0 Å². The largest absolute Gasteiger partial charge is 0.335 e. The van der Waals surface area contributed by atoms with E-state index in [1.54, 1.807) is 18.0 Å². The molecule has 22 heavy (non-hydrogen) atoms. The Labute approximate surface area is 136 Å². The molecule has 2 aromatic carbocycles. The van der Waals surface area contributed by atoms with Crippen molar-refractivity contribution in [2.45, 2.75) is 13.0 Å². The van der Waals surface area contributed by atoms with E-state index in [0.717, 1.165) is 5.56 Å². The molecule has 1 unspecified atom stereocenters. The van der Waals surface area contributed by atoms with Gasteiger partial charge in [0.2, 0.25) is 0 Å². The lowest BCUT2D eigenvalue weighted by atomic mass is 10.1. The molecule has 1 atom stereocenters. The van der Waals surface area contributed by atoms with Crippen molar-refractivity contribution in [1.29, 1.82) is 0 Å². The van der Waals surface area contributed by atoms with Gasteiger partial charge in [0.1, 0.15) is 0 Å². The second kappa shape index (κ2) is 6.70. The van der Waals surface area contributed by atoms with E-state index in [-0.39, 0.29) is 17.6 Å². The predicted octanol–water partition coefficient (Wildman–Crippen LogP) is 4.19. The highest BCUT2D eigenvalue weighted by Gasteiger charge is 2.22. The van der Waals surface area contributed by atoms with Gasteiger partial charge in [-0.2, -0.15) is 0 Å². The first-order valence-corrected chi connectivity index (χ1v) is 7.47. The van der Waals surface area contributed by atoms with Gasteiger partial charge in [-0.3, -0.25) is 14.9 Å². The fraction of sp³-hybridized carbons (Fsp3) is 0.188. The molecule has 5 nitrogen and oxygen atoms in total. The van der Waals surface area contributed by atoms with Crippen molar-refractivity contribution in [2.75, 3.05) is 7.05 Å². The first kappa shape index (κ1) is 16.2. The van der Waals surface area contributed by atoms with Gasteiger partial charge in [-0.1, -0.05) is 30.3 Å². The van der Waals surface area contributed by atoms with Crippen LogP contribution in [0.2, 0.25) is 0 Å². The third-order valence-corrected chi connectivity index (χ3v) is 4.24. The van der Waals surface area contributed by atoms with Crippen molar-refractivity contribution in [3.8, 4) is 0 Å². The monoisotopic (exact) mass is 362 g/mol. The number of nitrogens with zero attached hydrogens (tertiary/aromatic N) is 2. The standard InChI is InChI=1S/C16H15BrN2O3/c1-11(12-6-4-3-5-7-12)18(2)16(20)13-8-9-14(17)15(10-13)19(21)22/h3-11H,1-2H3. The molecule has 1 amide bonds. The first-order valence-electron chi connectivity index (χ1n) is 6.68.